The first kappa shape index (κ1) is 16.0. The summed E-state index contributed by atoms with van der Waals surface area (Å²) in [4.78, 5) is 18.4. The van der Waals surface area contributed by atoms with Crippen LogP contribution in [0.5, 0.6) is 0 Å². The molecule has 0 radical (unpaired) electrons. The van der Waals surface area contributed by atoms with Crippen LogP contribution in [-0.2, 0) is 13.6 Å². The van der Waals surface area contributed by atoms with Crippen molar-refractivity contribution in [1.82, 2.24) is 39.3 Å². The van der Waals surface area contributed by atoms with E-state index in [4.69, 9.17) is 0 Å². The average Bonchev–Trinajstić information content (AvgIpc) is 3.44. The first-order valence-corrected chi connectivity index (χ1v) is 9.16. The lowest BCUT2D eigenvalue weighted by molar-refractivity contribution is 0.476. The summed E-state index contributed by atoms with van der Waals surface area (Å²) >= 11 is 0. The van der Waals surface area contributed by atoms with Gasteiger partial charge in [-0.15, -0.1) is 10.2 Å². The molecule has 9 nitrogen and oxygen atoms in total. The number of H-pyrrole nitrogens is 1. The molecule has 1 atom stereocenters. The molecule has 0 bridgehead atoms. The van der Waals surface area contributed by atoms with Crippen LogP contribution >= 0.6 is 0 Å². The van der Waals surface area contributed by atoms with E-state index >= 15 is 0 Å². The van der Waals surface area contributed by atoms with Crippen LogP contribution in [0.4, 0.5) is 5.82 Å². The fourth-order valence-corrected chi connectivity index (χ4v) is 3.90. The van der Waals surface area contributed by atoms with Gasteiger partial charge in [-0.1, -0.05) is 0 Å². The topological polar surface area (TPSA) is 93.3 Å². The molecule has 27 heavy (non-hydrogen) atoms. The van der Waals surface area contributed by atoms with Gasteiger partial charge in [0.05, 0.1) is 18.3 Å². The van der Waals surface area contributed by atoms with Gasteiger partial charge in [0.25, 0.3) is 0 Å². The second kappa shape index (κ2) is 6.49. The van der Waals surface area contributed by atoms with Gasteiger partial charge in [0.15, 0.2) is 5.82 Å². The van der Waals surface area contributed by atoms with E-state index < -0.39 is 0 Å². The van der Waals surface area contributed by atoms with Gasteiger partial charge < -0.3 is 19.0 Å². The SMILES string of the molecule is Cn1c(Cn2ccnc2)nnc1C1CCCN(c2ncnc3[nH]ccc23)C1. The molecule has 0 spiro atoms. The molecule has 1 saturated heterocycles. The molecule has 0 saturated carbocycles. The maximum Gasteiger partial charge on any atom is 0.152 e. The molecule has 138 valence electrons. The van der Waals surface area contributed by atoms with E-state index in [0.717, 1.165) is 54.4 Å². The summed E-state index contributed by atoms with van der Waals surface area (Å²) in [5.74, 6) is 3.30. The van der Waals surface area contributed by atoms with Crippen LogP contribution in [-0.4, -0.2) is 52.4 Å². The number of piperidine rings is 1. The van der Waals surface area contributed by atoms with E-state index in [1.165, 1.54) is 0 Å². The lowest BCUT2D eigenvalue weighted by Crippen LogP contribution is -2.36. The number of rotatable bonds is 4. The van der Waals surface area contributed by atoms with Crippen molar-refractivity contribution in [2.45, 2.75) is 25.3 Å². The third kappa shape index (κ3) is 2.84. The first-order valence-electron chi connectivity index (χ1n) is 9.16. The third-order valence-corrected chi connectivity index (χ3v) is 5.30. The molecule has 0 amide bonds. The highest BCUT2D eigenvalue weighted by atomic mass is 15.3. The van der Waals surface area contributed by atoms with Gasteiger partial charge in [-0.05, 0) is 18.9 Å². The summed E-state index contributed by atoms with van der Waals surface area (Å²) in [7, 11) is 2.05. The minimum Gasteiger partial charge on any atom is -0.355 e. The van der Waals surface area contributed by atoms with Crippen LogP contribution < -0.4 is 4.90 Å². The van der Waals surface area contributed by atoms with E-state index in [-0.39, 0.29) is 0 Å². The molecule has 5 heterocycles. The lowest BCUT2D eigenvalue weighted by Gasteiger charge is -2.33. The Hall–Kier alpha value is -3.23. The van der Waals surface area contributed by atoms with Crippen molar-refractivity contribution in [2.24, 2.45) is 7.05 Å². The molecule has 5 rings (SSSR count). The highest BCUT2D eigenvalue weighted by molar-refractivity contribution is 5.87. The van der Waals surface area contributed by atoms with Gasteiger partial charge in [-0.25, -0.2) is 15.0 Å². The van der Waals surface area contributed by atoms with Crippen molar-refractivity contribution in [3.63, 3.8) is 0 Å². The molecule has 0 aliphatic carbocycles. The minimum absolute atomic E-state index is 0.330. The van der Waals surface area contributed by atoms with Crippen molar-refractivity contribution in [3.05, 3.63) is 49.0 Å². The van der Waals surface area contributed by atoms with E-state index in [1.807, 2.05) is 23.0 Å². The Morgan fingerprint density at radius 2 is 2.22 bits per heavy atom. The first-order chi connectivity index (χ1) is 13.3. The number of nitrogens with one attached hydrogen (secondary N) is 1. The average molecular weight is 363 g/mol. The summed E-state index contributed by atoms with van der Waals surface area (Å²) in [6.45, 7) is 2.55. The van der Waals surface area contributed by atoms with Crippen molar-refractivity contribution in [1.29, 1.82) is 0 Å². The predicted molar refractivity (Wildman–Crippen MR) is 100 cm³/mol. The Labute approximate surface area is 156 Å². The summed E-state index contributed by atoms with van der Waals surface area (Å²) in [6.07, 6.45) is 11.3. The van der Waals surface area contributed by atoms with Crippen LogP contribution in [0, 0.1) is 0 Å². The van der Waals surface area contributed by atoms with Crippen molar-refractivity contribution in [3.8, 4) is 0 Å². The van der Waals surface area contributed by atoms with Crippen LogP contribution in [0.25, 0.3) is 11.0 Å². The maximum atomic E-state index is 4.55. The molecule has 4 aromatic rings. The lowest BCUT2D eigenvalue weighted by atomic mass is 9.97. The Morgan fingerprint density at radius 3 is 3.11 bits per heavy atom. The normalized spacial score (nSPS) is 17.7. The zero-order valence-corrected chi connectivity index (χ0v) is 15.2. The van der Waals surface area contributed by atoms with Gasteiger partial charge in [-0.3, -0.25) is 0 Å². The van der Waals surface area contributed by atoms with E-state index in [9.17, 15) is 0 Å². The highest BCUT2D eigenvalue weighted by Gasteiger charge is 2.27. The van der Waals surface area contributed by atoms with Crippen LogP contribution in [0.2, 0.25) is 0 Å². The Balaban J connectivity index is 1.40. The van der Waals surface area contributed by atoms with Gasteiger partial charge in [0.2, 0.25) is 0 Å². The molecule has 1 aliphatic rings. The van der Waals surface area contributed by atoms with E-state index in [1.54, 1.807) is 18.9 Å². The zero-order valence-electron chi connectivity index (χ0n) is 15.2. The zero-order chi connectivity index (χ0) is 18.2. The van der Waals surface area contributed by atoms with Crippen molar-refractivity contribution in [2.75, 3.05) is 18.0 Å². The number of nitrogens with zero attached hydrogens (tertiary/aromatic N) is 8. The smallest absolute Gasteiger partial charge is 0.152 e. The largest absolute Gasteiger partial charge is 0.355 e. The number of aromatic nitrogens is 8. The quantitative estimate of drug-likeness (QED) is 0.593. The molecule has 4 aromatic heterocycles. The fraction of sp³-hybridized carbons (Fsp3) is 0.389. The maximum absolute atomic E-state index is 4.55. The van der Waals surface area contributed by atoms with Gasteiger partial charge in [0.1, 0.15) is 23.6 Å². The summed E-state index contributed by atoms with van der Waals surface area (Å²) in [5, 5.41) is 10.0. The summed E-state index contributed by atoms with van der Waals surface area (Å²) < 4.78 is 4.13. The predicted octanol–water partition coefficient (Wildman–Crippen LogP) is 1.72. The molecule has 1 fully saturated rings. The Bertz CT molecular complexity index is 1050. The third-order valence-electron chi connectivity index (χ3n) is 5.30. The van der Waals surface area contributed by atoms with Crippen LogP contribution in [0.1, 0.15) is 30.4 Å². The second-order valence-electron chi connectivity index (χ2n) is 6.99. The number of imidazole rings is 1. The van der Waals surface area contributed by atoms with E-state index in [2.05, 4.69) is 46.6 Å². The monoisotopic (exact) mass is 363 g/mol. The molecule has 0 aromatic carbocycles. The van der Waals surface area contributed by atoms with E-state index in [0.29, 0.717) is 12.5 Å². The standard InChI is InChI=1S/C18H21N9/c1-25-15(10-26-8-6-19-12-26)23-24-17(25)13-3-2-7-27(9-13)18-14-4-5-20-16(14)21-11-22-18/h4-6,8,11-13H,2-3,7,9-10H2,1H3,(H,20,21,22). The van der Waals surface area contributed by atoms with Gasteiger partial charge in [0, 0.05) is 44.6 Å². The van der Waals surface area contributed by atoms with Crippen molar-refractivity contribution < 1.29 is 0 Å². The number of hydrogen-bond acceptors (Lipinski definition) is 6. The molecule has 1 unspecified atom stereocenters. The van der Waals surface area contributed by atoms with Crippen LogP contribution in [0.3, 0.4) is 0 Å². The number of hydrogen-bond donors (Lipinski definition) is 1. The molecule has 9 heteroatoms. The fourth-order valence-electron chi connectivity index (χ4n) is 3.90. The van der Waals surface area contributed by atoms with Gasteiger partial charge in [-0.2, -0.15) is 0 Å². The minimum atomic E-state index is 0.330. The summed E-state index contributed by atoms with van der Waals surface area (Å²) in [5.41, 5.74) is 0.878. The molecule has 1 aliphatic heterocycles. The Kier molecular flexibility index (Phi) is 3.84. The number of anilines is 1. The van der Waals surface area contributed by atoms with Crippen molar-refractivity contribution >= 4 is 16.9 Å². The number of fused-ring (bicyclic) bond motifs is 1. The summed E-state index contributed by atoms with van der Waals surface area (Å²) in [6, 6.07) is 2.04. The van der Waals surface area contributed by atoms with Crippen LogP contribution in [0.15, 0.2) is 37.3 Å². The van der Waals surface area contributed by atoms with Gasteiger partial charge >= 0.3 is 0 Å². The second-order valence-corrected chi connectivity index (χ2v) is 6.99. The highest BCUT2D eigenvalue weighted by Crippen LogP contribution is 2.31. The molecular weight excluding hydrogens is 342 g/mol. The molecular formula is C18H21N9. The Morgan fingerprint density at radius 1 is 1.26 bits per heavy atom. The number of aromatic amines is 1. The molecule has 1 N–H and O–H groups in total.